The quantitative estimate of drug-likeness (QED) is 0.708. The summed E-state index contributed by atoms with van der Waals surface area (Å²) in [4.78, 5) is 0. The van der Waals surface area contributed by atoms with Gasteiger partial charge >= 0.3 is 7.12 Å². The highest BCUT2D eigenvalue weighted by Crippen LogP contribution is 2.36. The van der Waals surface area contributed by atoms with Gasteiger partial charge in [0, 0.05) is 0 Å². The fraction of sp³-hybridized carbons (Fsp3) is 0.867. The van der Waals surface area contributed by atoms with Gasteiger partial charge in [-0.3, -0.25) is 0 Å². The van der Waals surface area contributed by atoms with Gasteiger partial charge in [-0.05, 0) is 45.8 Å². The molecule has 0 radical (unpaired) electrons. The minimum Gasteiger partial charge on any atom is -0.423 e. The Hall–Kier alpha value is -0.138. The van der Waals surface area contributed by atoms with Crippen molar-refractivity contribution in [2.75, 3.05) is 6.61 Å². The van der Waals surface area contributed by atoms with Gasteiger partial charge < -0.3 is 19.2 Å². The molecule has 2 N–H and O–H groups in total. The highest BCUT2D eigenvalue weighted by Gasteiger charge is 2.38. The Balaban J connectivity index is 4.40. The van der Waals surface area contributed by atoms with Gasteiger partial charge in [-0.1, -0.05) is 32.8 Å². The highest BCUT2D eigenvalue weighted by atomic mass is 28.4. The molecule has 0 aliphatic rings. The van der Waals surface area contributed by atoms with E-state index in [-0.39, 0.29) is 5.04 Å². The monoisotopic (exact) mass is 316 g/mol. The van der Waals surface area contributed by atoms with Gasteiger partial charge in [0.15, 0.2) is 8.32 Å². The lowest BCUT2D eigenvalue weighted by molar-refractivity contribution is -0.0985. The summed E-state index contributed by atoms with van der Waals surface area (Å²) in [5.41, 5.74) is -1.89. The van der Waals surface area contributed by atoms with Gasteiger partial charge in [0.2, 0.25) is 0 Å². The van der Waals surface area contributed by atoms with E-state index in [0.29, 0.717) is 6.61 Å². The molecule has 0 fully saturated rings. The topological polar surface area (TPSA) is 58.9 Å². The van der Waals surface area contributed by atoms with Crippen molar-refractivity contribution in [3.63, 3.8) is 0 Å². The van der Waals surface area contributed by atoms with Crippen LogP contribution in [0, 0.1) is 0 Å². The van der Waals surface area contributed by atoms with E-state index in [0.717, 1.165) is 0 Å². The summed E-state index contributed by atoms with van der Waals surface area (Å²) in [6.45, 7) is 18.2. The van der Waals surface area contributed by atoms with Crippen LogP contribution in [0.1, 0.15) is 48.5 Å². The molecule has 0 spiro atoms. The normalized spacial score (nSPS) is 14.8. The van der Waals surface area contributed by atoms with Crippen LogP contribution in [-0.4, -0.2) is 43.4 Å². The molecular weight excluding hydrogens is 283 g/mol. The average Bonchev–Trinajstić information content (AvgIpc) is 2.20. The molecule has 4 nitrogen and oxygen atoms in total. The summed E-state index contributed by atoms with van der Waals surface area (Å²) < 4.78 is 11.5. The van der Waals surface area contributed by atoms with Crippen LogP contribution in [0.5, 0.6) is 0 Å². The molecule has 0 aliphatic heterocycles. The van der Waals surface area contributed by atoms with Crippen molar-refractivity contribution < 1.29 is 19.2 Å². The van der Waals surface area contributed by atoms with E-state index in [1.807, 2.05) is 0 Å². The van der Waals surface area contributed by atoms with Crippen LogP contribution in [-0.2, 0) is 9.08 Å². The Bertz CT molecular complexity index is 354. The smallest absolute Gasteiger partial charge is 0.423 e. The summed E-state index contributed by atoms with van der Waals surface area (Å²) in [6, 6.07) is 0. The van der Waals surface area contributed by atoms with Crippen molar-refractivity contribution in [3.8, 4) is 0 Å². The Morgan fingerprint density at radius 1 is 1.05 bits per heavy atom. The van der Waals surface area contributed by atoms with Crippen LogP contribution in [0.4, 0.5) is 0 Å². The highest BCUT2D eigenvalue weighted by molar-refractivity contribution is 6.74. The summed E-state index contributed by atoms with van der Waals surface area (Å²) in [6.07, 6.45) is 1.77. The first kappa shape index (κ1) is 20.9. The minimum absolute atomic E-state index is 0.166. The van der Waals surface area contributed by atoms with Crippen LogP contribution < -0.4 is 0 Å². The molecule has 0 aliphatic carbocycles. The minimum atomic E-state index is -1.77. The van der Waals surface area contributed by atoms with Crippen LogP contribution in [0.15, 0.2) is 12.1 Å². The van der Waals surface area contributed by atoms with Gasteiger partial charge in [-0.25, -0.2) is 0 Å². The molecule has 0 saturated carbocycles. The molecule has 0 bridgehead atoms. The molecule has 0 saturated heterocycles. The molecule has 0 aromatic carbocycles. The molecule has 0 heterocycles. The lowest BCUT2D eigenvalue weighted by atomic mass is 9.83. The summed E-state index contributed by atoms with van der Waals surface area (Å²) in [5.74, 6) is 1.56. The molecular formula is C15H33BO4Si. The van der Waals surface area contributed by atoms with Crippen molar-refractivity contribution in [3.05, 3.63) is 12.1 Å². The standard InChI is InChI=1S/C15H33BO4Si/c1-13(2,3)21(8,9)19-12-10-11-16(18)20-15(6,7)14(4,5)17/h10-11,17-18H,12H2,1-9H3. The van der Waals surface area contributed by atoms with Crippen LogP contribution >= 0.6 is 0 Å². The number of rotatable bonds is 7. The number of aliphatic hydroxyl groups is 1. The second-order valence-electron chi connectivity index (χ2n) is 8.08. The van der Waals surface area contributed by atoms with Crippen molar-refractivity contribution in [1.82, 2.24) is 0 Å². The molecule has 0 atom stereocenters. The maximum Gasteiger partial charge on any atom is 0.483 e. The summed E-state index contributed by atoms with van der Waals surface area (Å²) >= 11 is 0. The van der Waals surface area contributed by atoms with E-state index in [1.54, 1.807) is 39.7 Å². The van der Waals surface area contributed by atoms with Gasteiger partial charge in [0.05, 0.1) is 17.8 Å². The van der Waals surface area contributed by atoms with E-state index in [1.165, 1.54) is 0 Å². The molecule has 0 rings (SSSR count). The summed E-state index contributed by atoms with van der Waals surface area (Å²) in [5, 5.41) is 20.0. The summed E-state index contributed by atoms with van der Waals surface area (Å²) in [7, 11) is -2.83. The van der Waals surface area contributed by atoms with E-state index < -0.39 is 26.6 Å². The molecule has 0 amide bonds. The van der Waals surface area contributed by atoms with Gasteiger partial charge in [-0.15, -0.1) is 0 Å². The first-order valence-electron chi connectivity index (χ1n) is 7.49. The maximum absolute atomic E-state index is 9.98. The Kier molecular flexibility index (Phi) is 6.91. The van der Waals surface area contributed by atoms with Crippen LogP contribution in [0.3, 0.4) is 0 Å². The van der Waals surface area contributed by atoms with Crippen molar-refractivity contribution in [1.29, 1.82) is 0 Å². The zero-order valence-corrected chi connectivity index (χ0v) is 16.2. The lowest BCUT2D eigenvalue weighted by Crippen LogP contribution is -2.50. The van der Waals surface area contributed by atoms with E-state index in [2.05, 4.69) is 33.9 Å². The predicted molar refractivity (Wildman–Crippen MR) is 91.7 cm³/mol. The predicted octanol–water partition coefficient (Wildman–Crippen LogP) is 3.15. The molecule has 0 unspecified atom stereocenters. The second kappa shape index (κ2) is 6.96. The van der Waals surface area contributed by atoms with E-state index >= 15 is 0 Å². The second-order valence-corrected chi connectivity index (χ2v) is 12.9. The van der Waals surface area contributed by atoms with Crippen molar-refractivity contribution in [2.45, 2.75) is 77.8 Å². The Morgan fingerprint density at radius 3 is 1.90 bits per heavy atom. The SMILES string of the molecule is CC(C)(O)C(C)(C)OB(O)C=CCO[Si](C)(C)C(C)(C)C. The number of hydrogen-bond acceptors (Lipinski definition) is 4. The zero-order chi connectivity index (χ0) is 17.1. The molecule has 6 heteroatoms. The third-order valence-electron chi connectivity index (χ3n) is 4.54. The Morgan fingerprint density at radius 2 is 1.52 bits per heavy atom. The van der Waals surface area contributed by atoms with Crippen LogP contribution in [0.25, 0.3) is 0 Å². The number of hydrogen-bond donors (Lipinski definition) is 2. The maximum atomic E-state index is 9.98. The lowest BCUT2D eigenvalue weighted by Gasteiger charge is -2.38. The average molecular weight is 316 g/mol. The van der Waals surface area contributed by atoms with Crippen LogP contribution in [0.2, 0.25) is 18.1 Å². The molecule has 21 heavy (non-hydrogen) atoms. The zero-order valence-electron chi connectivity index (χ0n) is 15.2. The van der Waals surface area contributed by atoms with Crippen molar-refractivity contribution in [2.24, 2.45) is 0 Å². The Labute approximate surface area is 131 Å². The third-order valence-corrected chi connectivity index (χ3v) is 9.04. The van der Waals surface area contributed by atoms with Crippen molar-refractivity contribution >= 4 is 15.4 Å². The van der Waals surface area contributed by atoms with E-state index in [4.69, 9.17) is 9.08 Å². The van der Waals surface area contributed by atoms with Gasteiger partial charge in [0.1, 0.15) is 0 Å². The fourth-order valence-corrected chi connectivity index (χ4v) is 2.08. The molecule has 0 aromatic rings. The van der Waals surface area contributed by atoms with E-state index in [9.17, 15) is 10.1 Å². The first-order valence-corrected chi connectivity index (χ1v) is 10.4. The molecule has 124 valence electrons. The largest absolute Gasteiger partial charge is 0.483 e. The van der Waals surface area contributed by atoms with Gasteiger partial charge in [0.25, 0.3) is 0 Å². The third kappa shape index (κ3) is 6.65. The fourth-order valence-electron chi connectivity index (χ4n) is 1.13. The first-order chi connectivity index (χ1) is 9.10. The van der Waals surface area contributed by atoms with Gasteiger partial charge in [-0.2, -0.15) is 0 Å². The molecule has 0 aromatic heterocycles.